The minimum atomic E-state index is -0.0518. The van der Waals surface area contributed by atoms with Crippen LogP contribution in [0.2, 0.25) is 0 Å². The second-order valence-corrected chi connectivity index (χ2v) is 5.44. The number of benzene rings is 1. The summed E-state index contributed by atoms with van der Waals surface area (Å²) >= 11 is 0. The SMILES string of the molecule is CCOC(=O)C1C(c2cccc(C)c2)C1(C)C. The summed E-state index contributed by atoms with van der Waals surface area (Å²) in [7, 11) is 0. The van der Waals surface area contributed by atoms with E-state index in [1.165, 1.54) is 11.1 Å². The number of hydrogen-bond donors (Lipinski definition) is 0. The van der Waals surface area contributed by atoms with Crippen molar-refractivity contribution in [1.82, 2.24) is 0 Å². The fourth-order valence-corrected chi connectivity index (χ4v) is 2.80. The number of rotatable bonds is 3. The van der Waals surface area contributed by atoms with Gasteiger partial charge in [0, 0.05) is 5.92 Å². The lowest BCUT2D eigenvalue weighted by Gasteiger charge is -2.03. The Balaban J connectivity index is 2.21. The van der Waals surface area contributed by atoms with Gasteiger partial charge in [-0.2, -0.15) is 0 Å². The van der Waals surface area contributed by atoms with Crippen LogP contribution in [0.15, 0.2) is 24.3 Å². The minimum Gasteiger partial charge on any atom is -0.466 e. The van der Waals surface area contributed by atoms with Gasteiger partial charge in [-0.1, -0.05) is 43.7 Å². The van der Waals surface area contributed by atoms with Gasteiger partial charge in [-0.15, -0.1) is 0 Å². The first kappa shape index (κ1) is 12.2. The van der Waals surface area contributed by atoms with Crippen molar-refractivity contribution >= 4 is 5.97 Å². The van der Waals surface area contributed by atoms with E-state index < -0.39 is 0 Å². The lowest BCUT2D eigenvalue weighted by Crippen LogP contribution is -2.10. The van der Waals surface area contributed by atoms with Crippen LogP contribution in [0.25, 0.3) is 0 Å². The van der Waals surface area contributed by atoms with Crippen LogP contribution in [0.5, 0.6) is 0 Å². The summed E-state index contributed by atoms with van der Waals surface area (Å²) < 4.78 is 5.14. The summed E-state index contributed by atoms with van der Waals surface area (Å²) in [6.07, 6.45) is 0. The van der Waals surface area contributed by atoms with Gasteiger partial charge in [0.25, 0.3) is 0 Å². The van der Waals surface area contributed by atoms with Crippen molar-refractivity contribution in [3.05, 3.63) is 35.4 Å². The zero-order chi connectivity index (χ0) is 12.6. The van der Waals surface area contributed by atoms with E-state index in [1.54, 1.807) is 0 Å². The summed E-state index contributed by atoms with van der Waals surface area (Å²) in [5.41, 5.74) is 2.53. The van der Waals surface area contributed by atoms with E-state index in [2.05, 4.69) is 45.0 Å². The van der Waals surface area contributed by atoms with E-state index in [0.717, 1.165) is 0 Å². The van der Waals surface area contributed by atoms with E-state index >= 15 is 0 Å². The molecular formula is C15H20O2. The van der Waals surface area contributed by atoms with Crippen molar-refractivity contribution in [2.24, 2.45) is 11.3 Å². The van der Waals surface area contributed by atoms with Crippen molar-refractivity contribution in [3.63, 3.8) is 0 Å². The van der Waals surface area contributed by atoms with Gasteiger partial charge < -0.3 is 4.74 Å². The van der Waals surface area contributed by atoms with Gasteiger partial charge in [0.1, 0.15) is 0 Å². The predicted molar refractivity (Wildman–Crippen MR) is 67.8 cm³/mol. The van der Waals surface area contributed by atoms with E-state index in [4.69, 9.17) is 4.74 Å². The smallest absolute Gasteiger partial charge is 0.310 e. The van der Waals surface area contributed by atoms with E-state index in [-0.39, 0.29) is 17.3 Å². The molecule has 2 heteroatoms. The molecule has 0 amide bonds. The quantitative estimate of drug-likeness (QED) is 0.747. The zero-order valence-electron chi connectivity index (χ0n) is 11.0. The maximum Gasteiger partial charge on any atom is 0.310 e. The third kappa shape index (κ3) is 2.08. The number of esters is 1. The highest BCUT2D eigenvalue weighted by atomic mass is 16.5. The number of ether oxygens (including phenoxy) is 1. The Kier molecular flexibility index (Phi) is 2.98. The molecule has 0 bridgehead atoms. The Hall–Kier alpha value is -1.31. The molecule has 2 unspecified atom stereocenters. The summed E-state index contributed by atoms with van der Waals surface area (Å²) in [4.78, 5) is 11.9. The molecule has 1 aliphatic carbocycles. The average Bonchev–Trinajstić information content (AvgIpc) is 2.82. The third-order valence-electron chi connectivity index (χ3n) is 3.77. The van der Waals surface area contributed by atoms with Gasteiger partial charge in [0.15, 0.2) is 0 Å². The number of carbonyl (C=O) groups is 1. The van der Waals surface area contributed by atoms with Crippen molar-refractivity contribution in [2.45, 2.75) is 33.6 Å². The van der Waals surface area contributed by atoms with Crippen LogP contribution in [0.1, 0.15) is 37.8 Å². The lowest BCUT2D eigenvalue weighted by molar-refractivity contribution is -0.145. The molecular weight excluding hydrogens is 212 g/mol. The molecule has 2 atom stereocenters. The van der Waals surface area contributed by atoms with E-state index in [1.807, 2.05) is 6.92 Å². The maximum absolute atomic E-state index is 11.9. The second kappa shape index (κ2) is 4.17. The Morgan fingerprint density at radius 3 is 2.71 bits per heavy atom. The highest BCUT2D eigenvalue weighted by Crippen LogP contribution is 2.64. The van der Waals surface area contributed by atoms with Crippen LogP contribution in [0, 0.1) is 18.3 Å². The lowest BCUT2D eigenvalue weighted by atomic mass is 10.0. The minimum absolute atomic E-state index is 0.0178. The molecule has 1 aromatic rings. The Labute approximate surface area is 103 Å². The van der Waals surface area contributed by atoms with Crippen LogP contribution in [-0.4, -0.2) is 12.6 Å². The molecule has 1 aromatic carbocycles. The first-order valence-electron chi connectivity index (χ1n) is 6.21. The van der Waals surface area contributed by atoms with Gasteiger partial charge in [0.05, 0.1) is 12.5 Å². The zero-order valence-corrected chi connectivity index (χ0v) is 11.0. The van der Waals surface area contributed by atoms with Gasteiger partial charge in [-0.05, 0) is 24.8 Å². The first-order valence-corrected chi connectivity index (χ1v) is 6.21. The molecule has 1 fully saturated rings. The number of aryl methyl sites for hydroxylation is 1. The summed E-state index contributed by atoms with van der Waals surface area (Å²) in [5, 5.41) is 0. The summed E-state index contributed by atoms with van der Waals surface area (Å²) in [6, 6.07) is 8.42. The molecule has 0 N–H and O–H groups in total. The molecule has 1 saturated carbocycles. The van der Waals surface area contributed by atoms with Crippen LogP contribution in [0.4, 0.5) is 0 Å². The van der Waals surface area contributed by atoms with Crippen LogP contribution < -0.4 is 0 Å². The number of hydrogen-bond acceptors (Lipinski definition) is 2. The maximum atomic E-state index is 11.9. The van der Waals surface area contributed by atoms with Crippen molar-refractivity contribution in [2.75, 3.05) is 6.61 Å². The average molecular weight is 232 g/mol. The normalized spacial score (nSPS) is 25.4. The third-order valence-corrected chi connectivity index (χ3v) is 3.77. The summed E-state index contributed by atoms with van der Waals surface area (Å²) in [6.45, 7) is 8.68. The Morgan fingerprint density at radius 2 is 2.12 bits per heavy atom. The van der Waals surface area contributed by atoms with Gasteiger partial charge in [-0.3, -0.25) is 4.79 Å². The molecule has 0 heterocycles. The topological polar surface area (TPSA) is 26.3 Å². The Morgan fingerprint density at radius 1 is 1.41 bits per heavy atom. The molecule has 92 valence electrons. The van der Waals surface area contributed by atoms with Gasteiger partial charge in [-0.25, -0.2) is 0 Å². The predicted octanol–water partition coefficient (Wildman–Crippen LogP) is 3.30. The molecule has 17 heavy (non-hydrogen) atoms. The summed E-state index contributed by atoms with van der Waals surface area (Å²) in [5.74, 6) is 0.273. The van der Waals surface area contributed by atoms with Gasteiger partial charge in [0.2, 0.25) is 0 Å². The molecule has 0 saturated heterocycles. The Bertz CT molecular complexity index is 434. The molecule has 0 spiro atoms. The van der Waals surface area contributed by atoms with Gasteiger partial charge >= 0.3 is 5.97 Å². The largest absolute Gasteiger partial charge is 0.466 e. The fraction of sp³-hybridized carbons (Fsp3) is 0.533. The molecule has 0 radical (unpaired) electrons. The first-order chi connectivity index (χ1) is 7.98. The number of carbonyl (C=O) groups excluding carboxylic acids is 1. The van der Waals surface area contributed by atoms with Crippen molar-refractivity contribution < 1.29 is 9.53 Å². The molecule has 2 rings (SSSR count). The fourth-order valence-electron chi connectivity index (χ4n) is 2.80. The second-order valence-electron chi connectivity index (χ2n) is 5.44. The van der Waals surface area contributed by atoms with E-state index in [0.29, 0.717) is 12.5 Å². The molecule has 1 aliphatic rings. The highest BCUT2D eigenvalue weighted by molar-refractivity contribution is 5.79. The van der Waals surface area contributed by atoms with E-state index in [9.17, 15) is 4.79 Å². The molecule has 2 nitrogen and oxygen atoms in total. The van der Waals surface area contributed by atoms with Crippen molar-refractivity contribution in [1.29, 1.82) is 0 Å². The monoisotopic (exact) mass is 232 g/mol. The molecule has 0 aliphatic heterocycles. The molecule has 0 aromatic heterocycles. The van der Waals surface area contributed by atoms with Crippen LogP contribution in [0.3, 0.4) is 0 Å². The van der Waals surface area contributed by atoms with Crippen LogP contribution in [-0.2, 0) is 9.53 Å². The highest BCUT2D eigenvalue weighted by Gasteiger charge is 2.63. The standard InChI is InChI=1S/C15H20O2/c1-5-17-14(16)13-12(15(13,3)4)11-8-6-7-10(2)9-11/h6-9,12-13H,5H2,1-4H3. The van der Waals surface area contributed by atoms with Crippen molar-refractivity contribution in [3.8, 4) is 0 Å². The van der Waals surface area contributed by atoms with Crippen LogP contribution >= 0.6 is 0 Å².